The second-order valence-electron chi connectivity index (χ2n) is 7.74. The highest BCUT2D eigenvalue weighted by Crippen LogP contribution is 2.15. The fourth-order valence-electron chi connectivity index (χ4n) is 3.85. The third-order valence-electron chi connectivity index (χ3n) is 5.46. The number of amides is 3. The molecule has 1 N–H and O–H groups in total. The lowest BCUT2D eigenvalue weighted by Gasteiger charge is -2.35. The van der Waals surface area contributed by atoms with Gasteiger partial charge in [0.25, 0.3) is 5.91 Å². The molecular weight excluding hydrogens is 356 g/mol. The molecule has 2 saturated heterocycles. The molecule has 154 valence electrons. The van der Waals surface area contributed by atoms with Crippen molar-refractivity contribution in [1.82, 2.24) is 20.0 Å². The second-order valence-corrected chi connectivity index (χ2v) is 7.74. The summed E-state index contributed by atoms with van der Waals surface area (Å²) in [6.07, 6.45) is 0.114. The number of nitrogens with one attached hydrogen (secondary N) is 1. The Labute approximate surface area is 167 Å². The van der Waals surface area contributed by atoms with Gasteiger partial charge in [-0.1, -0.05) is 19.1 Å². The van der Waals surface area contributed by atoms with Crippen molar-refractivity contribution in [1.29, 1.82) is 0 Å². The van der Waals surface area contributed by atoms with E-state index in [-0.39, 0.29) is 24.1 Å². The van der Waals surface area contributed by atoms with Crippen LogP contribution in [0.2, 0.25) is 0 Å². The third-order valence-corrected chi connectivity index (χ3v) is 5.46. The first kappa shape index (κ1) is 20.6. The number of ether oxygens (including phenoxy) is 1. The van der Waals surface area contributed by atoms with Crippen LogP contribution in [0.15, 0.2) is 24.3 Å². The van der Waals surface area contributed by atoms with Crippen LogP contribution in [-0.2, 0) is 11.3 Å². The van der Waals surface area contributed by atoms with Gasteiger partial charge < -0.3 is 24.8 Å². The zero-order valence-corrected chi connectivity index (χ0v) is 17.2. The van der Waals surface area contributed by atoms with Crippen molar-refractivity contribution in [2.24, 2.45) is 0 Å². The van der Waals surface area contributed by atoms with Gasteiger partial charge in [-0.25, -0.2) is 4.79 Å². The lowest BCUT2D eigenvalue weighted by atomic mass is 10.1. The summed E-state index contributed by atoms with van der Waals surface area (Å²) in [5, 5.41) is 2.98. The Morgan fingerprint density at radius 3 is 2.18 bits per heavy atom. The normalized spacial score (nSPS) is 23.5. The number of benzene rings is 1. The molecular formula is C21H32N4O3. The number of hydrogen-bond acceptors (Lipinski definition) is 4. The maximum atomic E-state index is 12.7. The summed E-state index contributed by atoms with van der Waals surface area (Å²) >= 11 is 0. The van der Waals surface area contributed by atoms with Crippen LogP contribution in [0.4, 0.5) is 4.79 Å². The number of carbonyl (C=O) groups is 2. The van der Waals surface area contributed by atoms with Crippen LogP contribution < -0.4 is 5.32 Å². The summed E-state index contributed by atoms with van der Waals surface area (Å²) in [5.41, 5.74) is 1.66. The van der Waals surface area contributed by atoms with Gasteiger partial charge in [0.2, 0.25) is 0 Å². The van der Waals surface area contributed by atoms with Crippen LogP contribution in [0.1, 0.15) is 36.7 Å². The zero-order valence-electron chi connectivity index (χ0n) is 17.2. The monoisotopic (exact) mass is 388 g/mol. The highest BCUT2D eigenvalue weighted by Gasteiger charge is 2.26. The van der Waals surface area contributed by atoms with Gasteiger partial charge in [0.15, 0.2) is 0 Å². The van der Waals surface area contributed by atoms with Crippen molar-refractivity contribution in [3.05, 3.63) is 35.4 Å². The number of piperazine rings is 1. The molecule has 28 heavy (non-hydrogen) atoms. The van der Waals surface area contributed by atoms with Crippen LogP contribution in [0.25, 0.3) is 0 Å². The van der Waals surface area contributed by atoms with Gasteiger partial charge in [-0.2, -0.15) is 0 Å². The molecule has 7 heteroatoms. The Balaban J connectivity index is 1.49. The zero-order chi connectivity index (χ0) is 20.1. The van der Waals surface area contributed by atoms with Crippen LogP contribution in [0.5, 0.6) is 0 Å². The largest absolute Gasteiger partial charge is 0.372 e. The average Bonchev–Trinajstić information content (AvgIpc) is 2.71. The number of carbonyl (C=O) groups excluding carboxylic acids is 2. The Kier molecular flexibility index (Phi) is 6.91. The molecule has 3 amide bonds. The van der Waals surface area contributed by atoms with E-state index in [9.17, 15) is 9.59 Å². The fourth-order valence-corrected chi connectivity index (χ4v) is 3.85. The Hall–Kier alpha value is -2.12. The van der Waals surface area contributed by atoms with Gasteiger partial charge in [-0.05, 0) is 38.1 Å². The third kappa shape index (κ3) is 5.23. The van der Waals surface area contributed by atoms with E-state index in [0.29, 0.717) is 25.2 Å². The molecule has 2 unspecified atom stereocenters. The molecule has 2 aliphatic rings. The van der Waals surface area contributed by atoms with Gasteiger partial charge in [0, 0.05) is 51.4 Å². The van der Waals surface area contributed by atoms with E-state index in [1.807, 2.05) is 47.9 Å². The summed E-state index contributed by atoms with van der Waals surface area (Å²) in [4.78, 5) is 31.1. The smallest absolute Gasteiger partial charge is 0.317 e. The molecule has 2 atom stereocenters. The molecule has 1 aromatic rings. The molecule has 2 aliphatic heterocycles. The number of nitrogens with zero attached hydrogens (tertiary/aromatic N) is 3. The molecule has 0 aliphatic carbocycles. The van der Waals surface area contributed by atoms with Crippen molar-refractivity contribution < 1.29 is 14.3 Å². The summed E-state index contributed by atoms with van der Waals surface area (Å²) in [6, 6.07) is 7.49. The standard InChI is InChI=1S/C21H32N4O3/c1-4-23-9-11-24(12-10-23)21(27)22-13-18-5-7-19(8-6-18)20(26)25-14-16(2)28-17(3)15-25/h5-8,16-17H,4,9-15H2,1-3H3,(H,22,27). The molecule has 0 saturated carbocycles. The Morgan fingerprint density at radius 1 is 1.00 bits per heavy atom. The molecule has 7 nitrogen and oxygen atoms in total. The SMILES string of the molecule is CCN1CCN(C(=O)NCc2ccc(C(=O)N3CC(C)OC(C)C3)cc2)CC1. The van der Waals surface area contributed by atoms with Crippen molar-refractivity contribution in [2.45, 2.75) is 39.5 Å². The summed E-state index contributed by atoms with van der Waals surface area (Å²) < 4.78 is 5.70. The minimum Gasteiger partial charge on any atom is -0.372 e. The number of likely N-dealkylation sites (N-methyl/N-ethyl adjacent to an activating group) is 1. The molecule has 2 heterocycles. The quantitative estimate of drug-likeness (QED) is 0.854. The number of hydrogen-bond donors (Lipinski definition) is 1. The van der Waals surface area contributed by atoms with E-state index >= 15 is 0 Å². The van der Waals surface area contributed by atoms with Crippen molar-refractivity contribution >= 4 is 11.9 Å². The van der Waals surface area contributed by atoms with Crippen LogP contribution in [0.3, 0.4) is 0 Å². The van der Waals surface area contributed by atoms with Crippen molar-refractivity contribution in [3.8, 4) is 0 Å². The van der Waals surface area contributed by atoms with E-state index in [0.717, 1.165) is 38.3 Å². The van der Waals surface area contributed by atoms with Gasteiger partial charge in [-0.3, -0.25) is 4.79 Å². The molecule has 0 bridgehead atoms. The Morgan fingerprint density at radius 2 is 1.61 bits per heavy atom. The number of rotatable bonds is 4. The Bertz CT molecular complexity index is 661. The summed E-state index contributed by atoms with van der Waals surface area (Å²) in [6.45, 7) is 12.2. The number of morpholine rings is 1. The van der Waals surface area contributed by atoms with Crippen molar-refractivity contribution in [2.75, 3.05) is 45.8 Å². The summed E-state index contributed by atoms with van der Waals surface area (Å²) in [7, 11) is 0. The summed E-state index contributed by atoms with van der Waals surface area (Å²) in [5.74, 6) is 0.0337. The molecule has 0 aromatic heterocycles. The van der Waals surface area contributed by atoms with Gasteiger partial charge in [0.1, 0.15) is 0 Å². The fraction of sp³-hybridized carbons (Fsp3) is 0.619. The first-order valence-corrected chi connectivity index (χ1v) is 10.2. The highest BCUT2D eigenvalue weighted by molar-refractivity contribution is 5.94. The first-order valence-electron chi connectivity index (χ1n) is 10.2. The van der Waals surface area contributed by atoms with Gasteiger partial charge >= 0.3 is 6.03 Å². The van der Waals surface area contributed by atoms with E-state index in [1.165, 1.54) is 0 Å². The van der Waals surface area contributed by atoms with Gasteiger partial charge in [0.05, 0.1) is 12.2 Å². The molecule has 3 rings (SSSR count). The van der Waals surface area contributed by atoms with E-state index in [2.05, 4.69) is 17.1 Å². The maximum absolute atomic E-state index is 12.7. The molecule has 0 spiro atoms. The molecule has 2 fully saturated rings. The van der Waals surface area contributed by atoms with Crippen LogP contribution >= 0.6 is 0 Å². The van der Waals surface area contributed by atoms with Gasteiger partial charge in [-0.15, -0.1) is 0 Å². The van der Waals surface area contributed by atoms with E-state index in [1.54, 1.807) is 0 Å². The maximum Gasteiger partial charge on any atom is 0.317 e. The topological polar surface area (TPSA) is 65.1 Å². The van der Waals surface area contributed by atoms with E-state index in [4.69, 9.17) is 4.74 Å². The first-order chi connectivity index (χ1) is 13.5. The van der Waals surface area contributed by atoms with E-state index < -0.39 is 0 Å². The average molecular weight is 389 g/mol. The van der Waals surface area contributed by atoms with Crippen molar-refractivity contribution in [3.63, 3.8) is 0 Å². The minimum absolute atomic E-state index is 0.0211. The predicted molar refractivity (Wildman–Crippen MR) is 108 cm³/mol. The second kappa shape index (κ2) is 9.39. The lowest BCUT2D eigenvalue weighted by Crippen LogP contribution is -2.51. The number of urea groups is 1. The van der Waals surface area contributed by atoms with Crippen LogP contribution in [0, 0.1) is 0 Å². The molecule has 1 aromatic carbocycles. The molecule has 0 radical (unpaired) electrons. The highest BCUT2D eigenvalue weighted by atomic mass is 16.5. The minimum atomic E-state index is -0.0211. The predicted octanol–water partition coefficient (Wildman–Crippen LogP) is 1.78. The lowest BCUT2D eigenvalue weighted by molar-refractivity contribution is -0.0586. The van der Waals surface area contributed by atoms with Crippen LogP contribution in [-0.4, -0.2) is 84.7 Å².